The van der Waals surface area contributed by atoms with Crippen molar-refractivity contribution in [3.8, 4) is 11.3 Å². The van der Waals surface area contributed by atoms with E-state index in [1.165, 1.54) is 0 Å². The minimum Gasteiger partial charge on any atom is -0.480 e. The zero-order valence-electron chi connectivity index (χ0n) is 12.2. The molecule has 0 aliphatic heterocycles. The first-order chi connectivity index (χ1) is 10.6. The third kappa shape index (κ3) is 3.69. The van der Waals surface area contributed by atoms with E-state index in [-0.39, 0.29) is 5.69 Å². The lowest BCUT2D eigenvalue weighted by molar-refractivity contribution is -0.139. The Hall–Kier alpha value is -2.70. The van der Waals surface area contributed by atoms with Crippen LogP contribution in [0.25, 0.3) is 11.3 Å². The van der Waals surface area contributed by atoms with Crippen molar-refractivity contribution in [2.75, 3.05) is 0 Å². The number of benzene rings is 1. The maximum Gasteiger partial charge on any atom is 0.326 e. The van der Waals surface area contributed by atoms with E-state index in [0.717, 1.165) is 18.4 Å². The molecule has 7 heteroatoms. The Balaban J connectivity index is 2.16. The molecule has 1 heterocycles. The number of aliphatic carboxylic acids is 1. The molecule has 2 rings (SSSR count). The predicted molar refractivity (Wildman–Crippen MR) is 80.2 cm³/mol. The molecule has 0 aliphatic rings. The molecule has 0 radical (unpaired) electrons. The van der Waals surface area contributed by atoms with Crippen molar-refractivity contribution in [1.29, 1.82) is 0 Å². The quantitative estimate of drug-likeness (QED) is 0.723. The Bertz CT molecular complexity index is 639. The Morgan fingerprint density at radius 3 is 2.64 bits per heavy atom. The second kappa shape index (κ2) is 7.35. The van der Waals surface area contributed by atoms with Gasteiger partial charge in [0, 0.05) is 5.56 Å². The number of aromatic nitrogens is 3. The van der Waals surface area contributed by atoms with Crippen LogP contribution >= 0.6 is 0 Å². The molecule has 0 spiro atoms. The van der Waals surface area contributed by atoms with E-state index in [1.54, 1.807) is 12.1 Å². The zero-order valence-corrected chi connectivity index (χ0v) is 12.2. The van der Waals surface area contributed by atoms with Gasteiger partial charge in [-0.1, -0.05) is 50.1 Å². The monoisotopic (exact) mass is 302 g/mol. The summed E-state index contributed by atoms with van der Waals surface area (Å²) in [6.07, 6.45) is 1.97. The van der Waals surface area contributed by atoms with Crippen molar-refractivity contribution in [2.24, 2.45) is 0 Å². The fraction of sp³-hybridized carbons (Fsp3) is 0.333. The maximum atomic E-state index is 12.3. The molecular formula is C15H18N4O3. The van der Waals surface area contributed by atoms with Crippen LogP contribution in [0.5, 0.6) is 0 Å². The molecule has 0 saturated carbocycles. The highest BCUT2D eigenvalue weighted by Gasteiger charge is 2.24. The molecule has 0 saturated heterocycles. The number of carboxylic acid groups (broad SMARTS) is 1. The first kappa shape index (κ1) is 15.7. The largest absolute Gasteiger partial charge is 0.480 e. The molecule has 0 bridgehead atoms. The van der Waals surface area contributed by atoms with Crippen molar-refractivity contribution in [2.45, 2.75) is 32.2 Å². The molecule has 1 amide bonds. The van der Waals surface area contributed by atoms with E-state index in [1.807, 2.05) is 25.1 Å². The predicted octanol–water partition coefficient (Wildman–Crippen LogP) is 1.84. The summed E-state index contributed by atoms with van der Waals surface area (Å²) in [4.78, 5) is 23.5. The highest BCUT2D eigenvalue weighted by atomic mass is 16.4. The van der Waals surface area contributed by atoms with E-state index in [4.69, 9.17) is 0 Å². The van der Waals surface area contributed by atoms with Crippen LogP contribution in [0.15, 0.2) is 30.3 Å². The fourth-order valence-electron chi connectivity index (χ4n) is 2.08. The molecule has 2 aromatic rings. The number of nitrogens with zero attached hydrogens (tertiary/aromatic N) is 2. The number of carbonyl (C=O) groups excluding carboxylic acids is 1. The fourth-order valence-corrected chi connectivity index (χ4v) is 2.08. The molecule has 1 aromatic carbocycles. The Morgan fingerprint density at radius 1 is 1.27 bits per heavy atom. The lowest BCUT2D eigenvalue weighted by Crippen LogP contribution is -2.41. The topological polar surface area (TPSA) is 108 Å². The van der Waals surface area contributed by atoms with Crippen LogP contribution < -0.4 is 5.32 Å². The summed E-state index contributed by atoms with van der Waals surface area (Å²) in [5, 5.41) is 21.9. The number of amides is 1. The number of hydrogen-bond donors (Lipinski definition) is 3. The number of rotatable bonds is 7. The van der Waals surface area contributed by atoms with Gasteiger partial charge in [0.15, 0.2) is 5.69 Å². The van der Waals surface area contributed by atoms with Gasteiger partial charge in [-0.3, -0.25) is 4.79 Å². The molecule has 1 atom stereocenters. The normalized spacial score (nSPS) is 11.9. The number of aromatic amines is 1. The molecule has 7 nitrogen and oxygen atoms in total. The Kier molecular flexibility index (Phi) is 5.24. The first-order valence-electron chi connectivity index (χ1n) is 7.13. The van der Waals surface area contributed by atoms with Gasteiger partial charge in [0.2, 0.25) is 0 Å². The van der Waals surface area contributed by atoms with Gasteiger partial charge < -0.3 is 10.4 Å². The summed E-state index contributed by atoms with van der Waals surface area (Å²) in [6, 6.07) is 8.20. The van der Waals surface area contributed by atoms with Gasteiger partial charge in [-0.2, -0.15) is 15.4 Å². The van der Waals surface area contributed by atoms with Gasteiger partial charge in [0.05, 0.1) is 0 Å². The number of carboxylic acids is 1. The standard InChI is InChI=1S/C15H18N4O3/c1-2-3-9-11(15(21)22)16-14(20)13-12(17-19-18-13)10-7-5-4-6-8-10/h4-8,11H,2-3,9H2,1H3,(H,16,20)(H,21,22)(H,17,18,19)/t11-/m0/s1. The third-order valence-corrected chi connectivity index (χ3v) is 3.26. The van der Waals surface area contributed by atoms with Crippen molar-refractivity contribution < 1.29 is 14.7 Å². The highest BCUT2D eigenvalue weighted by Crippen LogP contribution is 2.19. The average molecular weight is 302 g/mol. The maximum absolute atomic E-state index is 12.3. The SMILES string of the molecule is CCCC[C@H](NC(=O)c1n[nH]nc1-c1ccccc1)C(=O)O. The Labute approximate surface area is 127 Å². The van der Waals surface area contributed by atoms with Gasteiger partial charge in [0.25, 0.3) is 5.91 Å². The van der Waals surface area contributed by atoms with Crippen molar-refractivity contribution >= 4 is 11.9 Å². The minimum atomic E-state index is -1.05. The summed E-state index contributed by atoms with van der Waals surface area (Å²) >= 11 is 0. The first-order valence-corrected chi connectivity index (χ1v) is 7.13. The second-order valence-electron chi connectivity index (χ2n) is 4.89. The summed E-state index contributed by atoms with van der Waals surface area (Å²) < 4.78 is 0. The molecule has 3 N–H and O–H groups in total. The molecule has 116 valence electrons. The molecule has 0 aliphatic carbocycles. The lowest BCUT2D eigenvalue weighted by atomic mass is 10.1. The zero-order chi connectivity index (χ0) is 15.9. The summed E-state index contributed by atoms with van der Waals surface area (Å²) in [5.41, 5.74) is 1.23. The van der Waals surface area contributed by atoms with Crippen LogP contribution in [0.4, 0.5) is 0 Å². The van der Waals surface area contributed by atoms with Crippen molar-refractivity contribution in [3.63, 3.8) is 0 Å². The average Bonchev–Trinajstić information content (AvgIpc) is 3.01. The van der Waals surface area contributed by atoms with Gasteiger partial charge >= 0.3 is 5.97 Å². The smallest absolute Gasteiger partial charge is 0.326 e. The van der Waals surface area contributed by atoms with E-state index in [0.29, 0.717) is 12.1 Å². The minimum absolute atomic E-state index is 0.0916. The second-order valence-corrected chi connectivity index (χ2v) is 4.89. The molecule has 0 unspecified atom stereocenters. The van der Waals surface area contributed by atoms with Gasteiger partial charge in [-0.25, -0.2) is 4.79 Å². The molecule has 1 aromatic heterocycles. The third-order valence-electron chi connectivity index (χ3n) is 3.26. The van der Waals surface area contributed by atoms with E-state index < -0.39 is 17.9 Å². The van der Waals surface area contributed by atoms with Gasteiger partial charge in [0.1, 0.15) is 11.7 Å². The van der Waals surface area contributed by atoms with Crippen LogP contribution in [0.1, 0.15) is 36.7 Å². The lowest BCUT2D eigenvalue weighted by Gasteiger charge is -2.13. The van der Waals surface area contributed by atoms with Gasteiger partial charge in [-0.15, -0.1) is 0 Å². The van der Waals surface area contributed by atoms with E-state index in [2.05, 4.69) is 20.7 Å². The summed E-state index contributed by atoms with van der Waals surface area (Å²) in [7, 11) is 0. The van der Waals surface area contributed by atoms with E-state index >= 15 is 0 Å². The number of unbranched alkanes of at least 4 members (excludes halogenated alkanes) is 1. The number of H-pyrrole nitrogens is 1. The van der Waals surface area contributed by atoms with E-state index in [9.17, 15) is 14.7 Å². The van der Waals surface area contributed by atoms with Crippen molar-refractivity contribution in [3.05, 3.63) is 36.0 Å². The van der Waals surface area contributed by atoms with Crippen LogP contribution in [-0.4, -0.2) is 38.4 Å². The van der Waals surface area contributed by atoms with Crippen LogP contribution in [0, 0.1) is 0 Å². The summed E-state index contributed by atoms with van der Waals surface area (Å²) in [5.74, 6) is -1.59. The van der Waals surface area contributed by atoms with Crippen molar-refractivity contribution in [1.82, 2.24) is 20.7 Å². The highest BCUT2D eigenvalue weighted by molar-refractivity contribution is 5.99. The number of hydrogen-bond acceptors (Lipinski definition) is 4. The van der Waals surface area contributed by atoms with Gasteiger partial charge in [-0.05, 0) is 6.42 Å². The number of carbonyl (C=O) groups is 2. The molecular weight excluding hydrogens is 284 g/mol. The Morgan fingerprint density at radius 2 is 2.00 bits per heavy atom. The van der Waals surface area contributed by atoms with Crippen LogP contribution in [0.3, 0.4) is 0 Å². The molecule has 0 fully saturated rings. The van der Waals surface area contributed by atoms with Crippen LogP contribution in [0.2, 0.25) is 0 Å². The number of nitrogens with one attached hydrogen (secondary N) is 2. The summed E-state index contributed by atoms with van der Waals surface area (Å²) in [6.45, 7) is 1.96. The molecule has 22 heavy (non-hydrogen) atoms. The van der Waals surface area contributed by atoms with Crippen LogP contribution in [-0.2, 0) is 4.79 Å².